The van der Waals surface area contributed by atoms with Crippen molar-refractivity contribution in [3.63, 3.8) is 0 Å². The molecule has 0 fully saturated rings. The van der Waals surface area contributed by atoms with Gasteiger partial charge in [-0.2, -0.15) is 0 Å². The predicted octanol–water partition coefficient (Wildman–Crippen LogP) is 1.83. The number of nitro benzene ring substituents is 1. The van der Waals surface area contributed by atoms with Crippen molar-refractivity contribution in [2.75, 3.05) is 37.5 Å². The van der Waals surface area contributed by atoms with Crippen molar-refractivity contribution in [2.24, 2.45) is 0 Å². The molecule has 32 heavy (non-hydrogen) atoms. The largest absolute Gasteiger partial charge is 0.456 e. The van der Waals surface area contributed by atoms with Gasteiger partial charge >= 0.3 is 5.97 Å². The summed E-state index contributed by atoms with van der Waals surface area (Å²) in [6.45, 7) is -0.863. The molecule has 0 aliphatic carbocycles. The maximum atomic E-state index is 12.5. The summed E-state index contributed by atoms with van der Waals surface area (Å²) in [4.78, 5) is 61.8. The van der Waals surface area contributed by atoms with Crippen molar-refractivity contribution in [2.45, 2.75) is 6.42 Å². The first-order chi connectivity index (χ1) is 15.2. The normalized spacial score (nSPS) is 12.4. The molecule has 0 unspecified atom stereocenters. The Hall–Kier alpha value is -4.28. The van der Waals surface area contributed by atoms with Crippen LogP contribution in [0.25, 0.3) is 0 Å². The molecule has 0 aromatic heterocycles. The minimum atomic E-state index is -0.844. The molecule has 1 aliphatic rings. The predicted molar refractivity (Wildman–Crippen MR) is 113 cm³/mol. The lowest BCUT2D eigenvalue weighted by atomic mass is 10.1. The Labute approximate surface area is 182 Å². The molecule has 1 heterocycles. The van der Waals surface area contributed by atoms with Gasteiger partial charge in [0.05, 0.1) is 16.9 Å². The average molecular weight is 440 g/mol. The molecule has 0 radical (unpaired) electrons. The molecule has 1 N–H and O–H groups in total. The number of amides is 3. The van der Waals surface area contributed by atoms with E-state index in [9.17, 15) is 29.3 Å². The number of anilines is 2. The fourth-order valence-corrected chi connectivity index (χ4v) is 3.13. The number of carbonyl (C=O) groups is 4. The number of fused-ring (bicyclic) bond motifs is 1. The van der Waals surface area contributed by atoms with Gasteiger partial charge in [-0.05, 0) is 30.3 Å². The molecule has 0 saturated carbocycles. The van der Waals surface area contributed by atoms with Gasteiger partial charge in [0, 0.05) is 38.1 Å². The van der Waals surface area contributed by atoms with Crippen molar-refractivity contribution in [1.82, 2.24) is 4.90 Å². The first-order valence-corrected chi connectivity index (χ1v) is 9.55. The highest BCUT2D eigenvalue weighted by Crippen LogP contribution is 2.30. The Morgan fingerprint density at radius 1 is 1.09 bits per heavy atom. The van der Waals surface area contributed by atoms with Crippen LogP contribution in [-0.4, -0.2) is 60.8 Å². The molecular formula is C21H20N4O7. The van der Waals surface area contributed by atoms with Gasteiger partial charge in [-0.25, -0.2) is 0 Å². The molecule has 2 aromatic carbocycles. The second kappa shape index (κ2) is 9.25. The van der Waals surface area contributed by atoms with Gasteiger partial charge in [-0.1, -0.05) is 6.07 Å². The Morgan fingerprint density at radius 2 is 1.78 bits per heavy atom. The minimum Gasteiger partial charge on any atom is -0.456 e. The zero-order chi connectivity index (χ0) is 23.4. The van der Waals surface area contributed by atoms with Crippen molar-refractivity contribution >= 4 is 40.8 Å². The first kappa shape index (κ1) is 22.4. The lowest BCUT2D eigenvalue weighted by Crippen LogP contribution is -2.32. The number of esters is 1. The van der Waals surface area contributed by atoms with E-state index in [1.54, 1.807) is 12.1 Å². The third kappa shape index (κ3) is 4.72. The maximum absolute atomic E-state index is 12.5. The topological polar surface area (TPSA) is 139 Å². The van der Waals surface area contributed by atoms with Crippen LogP contribution in [0.15, 0.2) is 42.5 Å². The summed E-state index contributed by atoms with van der Waals surface area (Å²) in [5.41, 5.74) is 0.631. The molecule has 166 valence electrons. The van der Waals surface area contributed by atoms with Gasteiger partial charge in [0.2, 0.25) is 0 Å². The molecule has 11 nitrogen and oxygen atoms in total. The molecule has 0 bridgehead atoms. The van der Waals surface area contributed by atoms with E-state index in [2.05, 4.69) is 5.32 Å². The smallest absolute Gasteiger partial charge is 0.308 e. The Kier molecular flexibility index (Phi) is 6.47. The van der Waals surface area contributed by atoms with Crippen molar-refractivity contribution in [3.05, 3.63) is 63.7 Å². The van der Waals surface area contributed by atoms with Gasteiger partial charge in [-0.15, -0.1) is 0 Å². The van der Waals surface area contributed by atoms with Crippen LogP contribution < -0.4 is 10.2 Å². The lowest BCUT2D eigenvalue weighted by molar-refractivity contribution is -0.385. The van der Waals surface area contributed by atoms with Gasteiger partial charge in [-0.3, -0.25) is 34.2 Å². The number of carbonyl (C=O) groups excluding carboxylic acids is 4. The molecule has 0 spiro atoms. The van der Waals surface area contributed by atoms with Crippen LogP contribution in [0, 0.1) is 10.1 Å². The SMILES string of the molecule is CN(C)c1ccc(NC(=O)COC(=O)CCN2C(=O)c3cccc([N+](=O)[O-])c3C2=O)cc1. The zero-order valence-corrected chi connectivity index (χ0v) is 17.4. The highest BCUT2D eigenvalue weighted by molar-refractivity contribution is 6.23. The van der Waals surface area contributed by atoms with E-state index in [-0.39, 0.29) is 24.1 Å². The third-order valence-corrected chi connectivity index (χ3v) is 4.74. The fraction of sp³-hybridized carbons (Fsp3) is 0.238. The number of imide groups is 1. The number of rotatable bonds is 8. The summed E-state index contributed by atoms with van der Waals surface area (Å²) in [5, 5.41) is 13.7. The summed E-state index contributed by atoms with van der Waals surface area (Å²) < 4.78 is 4.89. The van der Waals surface area contributed by atoms with E-state index in [1.165, 1.54) is 12.1 Å². The van der Waals surface area contributed by atoms with E-state index in [0.29, 0.717) is 5.69 Å². The van der Waals surface area contributed by atoms with Crippen LogP contribution in [0.1, 0.15) is 27.1 Å². The summed E-state index contributed by atoms with van der Waals surface area (Å²) in [6.07, 6.45) is -0.357. The van der Waals surface area contributed by atoms with Crippen molar-refractivity contribution < 1.29 is 28.8 Å². The number of nitro groups is 1. The summed E-state index contributed by atoms with van der Waals surface area (Å²) in [5.74, 6) is -2.91. The Bertz CT molecular complexity index is 1100. The van der Waals surface area contributed by atoms with Crippen LogP contribution in [0.3, 0.4) is 0 Å². The Morgan fingerprint density at radius 3 is 2.41 bits per heavy atom. The number of nitrogens with zero attached hydrogens (tertiary/aromatic N) is 3. The minimum absolute atomic E-state index is 0.0859. The molecule has 1 aliphatic heterocycles. The number of ether oxygens (including phenoxy) is 1. The van der Waals surface area contributed by atoms with Gasteiger partial charge < -0.3 is 15.0 Å². The standard InChI is InChI=1S/C21H20N4O7/c1-23(2)14-8-6-13(7-9-14)22-17(26)12-32-18(27)10-11-24-20(28)15-4-3-5-16(25(30)31)19(15)21(24)29/h3-9H,10-12H2,1-2H3,(H,22,26). The fourth-order valence-electron chi connectivity index (χ4n) is 3.13. The highest BCUT2D eigenvalue weighted by Gasteiger charge is 2.40. The molecule has 2 aromatic rings. The molecule has 11 heteroatoms. The van der Waals surface area contributed by atoms with Crippen LogP contribution in [0.2, 0.25) is 0 Å². The zero-order valence-electron chi connectivity index (χ0n) is 17.4. The number of hydrogen-bond donors (Lipinski definition) is 1. The van der Waals surface area contributed by atoms with Crippen LogP contribution in [0.5, 0.6) is 0 Å². The molecule has 0 atom stereocenters. The monoisotopic (exact) mass is 440 g/mol. The van der Waals surface area contributed by atoms with Crippen LogP contribution in [-0.2, 0) is 14.3 Å². The van der Waals surface area contributed by atoms with Gasteiger partial charge in [0.15, 0.2) is 6.61 Å². The van der Waals surface area contributed by atoms with Crippen LogP contribution in [0.4, 0.5) is 17.1 Å². The van der Waals surface area contributed by atoms with E-state index < -0.39 is 40.9 Å². The summed E-state index contributed by atoms with van der Waals surface area (Å²) >= 11 is 0. The molecular weight excluding hydrogens is 420 g/mol. The molecule has 3 rings (SSSR count). The second-order valence-electron chi connectivity index (χ2n) is 7.12. The number of benzene rings is 2. The average Bonchev–Trinajstić information content (AvgIpc) is 3.01. The molecule has 3 amide bonds. The number of hydrogen-bond acceptors (Lipinski definition) is 8. The first-order valence-electron chi connectivity index (χ1n) is 9.55. The summed E-state index contributed by atoms with van der Waals surface area (Å²) in [6, 6.07) is 10.8. The summed E-state index contributed by atoms with van der Waals surface area (Å²) in [7, 11) is 3.77. The maximum Gasteiger partial charge on any atom is 0.308 e. The van der Waals surface area contributed by atoms with E-state index >= 15 is 0 Å². The highest BCUT2D eigenvalue weighted by atomic mass is 16.6. The van der Waals surface area contributed by atoms with Crippen molar-refractivity contribution in [1.29, 1.82) is 0 Å². The second-order valence-corrected chi connectivity index (χ2v) is 7.12. The van der Waals surface area contributed by atoms with E-state index in [0.717, 1.165) is 16.7 Å². The van der Waals surface area contributed by atoms with E-state index in [4.69, 9.17) is 4.74 Å². The van der Waals surface area contributed by atoms with E-state index in [1.807, 2.05) is 31.1 Å². The van der Waals surface area contributed by atoms with Gasteiger partial charge in [0.1, 0.15) is 5.56 Å². The van der Waals surface area contributed by atoms with Gasteiger partial charge in [0.25, 0.3) is 23.4 Å². The quantitative estimate of drug-likeness (QED) is 0.284. The molecule has 0 saturated heterocycles. The van der Waals surface area contributed by atoms with Crippen molar-refractivity contribution in [3.8, 4) is 0 Å². The van der Waals surface area contributed by atoms with Crippen LogP contribution >= 0.6 is 0 Å². The number of nitrogens with one attached hydrogen (secondary N) is 1. The lowest BCUT2D eigenvalue weighted by Gasteiger charge is -2.14. The Balaban J connectivity index is 1.50. The third-order valence-electron chi connectivity index (χ3n) is 4.74.